The van der Waals surface area contributed by atoms with Gasteiger partial charge in [0.15, 0.2) is 0 Å². The third-order valence-corrected chi connectivity index (χ3v) is 4.38. The Kier molecular flexibility index (Phi) is 6.08. The van der Waals surface area contributed by atoms with Crippen LogP contribution < -0.4 is 15.4 Å². The zero-order chi connectivity index (χ0) is 19.2. The topological polar surface area (TPSA) is 76.7 Å². The first-order valence-electron chi connectivity index (χ1n) is 9.05. The van der Waals surface area contributed by atoms with Crippen molar-refractivity contribution in [1.82, 2.24) is 0 Å². The predicted octanol–water partition coefficient (Wildman–Crippen LogP) is 3.76. The van der Waals surface area contributed by atoms with Crippen LogP contribution in [0.4, 0.5) is 11.4 Å². The van der Waals surface area contributed by atoms with Gasteiger partial charge in [-0.2, -0.15) is 0 Å². The lowest BCUT2D eigenvalue weighted by Crippen LogP contribution is -2.16. The third kappa shape index (κ3) is 5.31. The van der Waals surface area contributed by atoms with E-state index >= 15 is 0 Å². The van der Waals surface area contributed by atoms with Crippen molar-refractivity contribution in [2.75, 3.05) is 23.8 Å². The number of rotatable bonds is 6. The second-order valence-corrected chi connectivity index (χ2v) is 6.64. The standard InChI is InChI=1S/C21H24N2O4/c1-14-5-8-17(22-15(2)24)12-20(14)23-21(25)16-6-9-18(10-7-16)27-13-19-4-3-11-26-19/h5-10,12,19H,3-4,11,13H2,1-2H3,(H,22,24)(H,23,25). The molecule has 27 heavy (non-hydrogen) atoms. The van der Waals surface area contributed by atoms with Gasteiger partial charge in [0.25, 0.3) is 5.91 Å². The lowest BCUT2D eigenvalue weighted by molar-refractivity contribution is -0.114. The summed E-state index contributed by atoms with van der Waals surface area (Å²) in [5.74, 6) is 0.337. The highest BCUT2D eigenvalue weighted by Crippen LogP contribution is 2.22. The van der Waals surface area contributed by atoms with Crippen LogP contribution in [0.25, 0.3) is 0 Å². The molecule has 1 fully saturated rings. The normalized spacial score (nSPS) is 16.0. The minimum atomic E-state index is -0.219. The highest BCUT2D eigenvalue weighted by Gasteiger charge is 2.16. The Hall–Kier alpha value is -2.86. The molecule has 2 aromatic rings. The Morgan fingerprint density at radius 2 is 1.93 bits per heavy atom. The first-order valence-corrected chi connectivity index (χ1v) is 9.05. The van der Waals surface area contributed by atoms with Crippen molar-refractivity contribution in [2.45, 2.75) is 32.8 Å². The summed E-state index contributed by atoms with van der Waals surface area (Å²) < 4.78 is 11.3. The van der Waals surface area contributed by atoms with E-state index in [1.165, 1.54) is 6.92 Å². The molecule has 3 rings (SSSR count). The molecule has 0 aliphatic carbocycles. The molecule has 2 N–H and O–H groups in total. The number of amides is 2. The van der Waals surface area contributed by atoms with Gasteiger partial charge in [-0.1, -0.05) is 6.07 Å². The minimum Gasteiger partial charge on any atom is -0.491 e. The molecule has 1 unspecified atom stereocenters. The molecule has 6 nitrogen and oxygen atoms in total. The van der Waals surface area contributed by atoms with Crippen LogP contribution in [0.3, 0.4) is 0 Å². The molecular formula is C21H24N2O4. The van der Waals surface area contributed by atoms with E-state index in [-0.39, 0.29) is 17.9 Å². The molecule has 1 heterocycles. The smallest absolute Gasteiger partial charge is 0.255 e. The number of ether oxygens (including phenoxy) is 2. The highest BCUT2D eigenvalue weighted by atomic mass is 16.5. The quantitative estimate of drug-likeness (QED) is 0.814. The van der Waals surface area contributed by atoms with E-state index in [0.717, 1.165) is 25.0 Å². The molecule has 0 radical (unpaired) electrons. The van der Waals surface area contributed by atoms with Gasteiger partial charge in [0.2, 0.25) is 5.91 Å². The summed E-state index contributed by atoms with van der Waals surface area (Å²) in [4.78, 5) is 23.7. The lowest BCUT2D eigenvalue weighted by atomic mass is 10.1. The van der Waals surface area contributed by atoms with Gasteiger partial charge in [-0.15, -0.1) is 0 Å². The van der Waals surface area contributed by atoms with Crippen molar-refractivity contribution in [3.8, 4) is 5.75 Å². The summed E-state index contributed by atoms with van der Waals surface area (Å²) in [7, 11) is 0. The average Bonchev–Trinajstić information content (AvgIpc) is 3.16. The van der Waals surface area contributed by atoms with Crippen molar-refractivity contribution in [3.63, 3.8) is 0 Å². The van der Waals surface area contributed by atoms with E-state index in [1.807, 2.05) is 13.0 Å². The van der Waals surface area contributed by atoms with E-state index in [2.05, 4.69) is 10.6 Å². The maximum Gasteiger partial charge on any atom is 0.255 e. The largest absolute Gasteiger partial charge is 0.491 e. The number of carbonyl (C=O) groups excluding carboxylic acids is 2. The lowest BCUT2D eigenvalue weighted by Gasteiger charge is -2.13. The highest BCUT2D eigenvalue weighted by molar-refractivity contribution is 6.05. The van der Waals surface area contributed by atoms with Crippen LogP contribution in [0.5, 0.6) is 5.75 Å². The Balaban J connectivity index is 1.61. The third-order valence-electron chi connectivity index (χ3n) is 4.38. The number of hydrogen-bond acceptors (Lipinski definition) is 4. The van der Waals surface area contributed by atoms with Gasteiger partial charge < -0.3 is 20.1 Å². The second kappa shape index (κ2) is 8.68. The van der Waals surface area contributed by atoms with Crippen LogP contribution in [0, 0.1) is 6.92 Å². The number of aryl methyl sites for hydroxylation is 1. The Labute approximate surface area is 158 Å². The van der Waals surface area contributed by atoms with Crippen molar-refractivity contribution in [1.29, 1.82) is 0 Å². The van der Waals surface area contributed by atoms with E-state index in [9.17, 15) is 9.59 Å². The summed E-state index contributed by atoms with van der Waals surface area (Å²) in [6.07, 6.45) is 2.26. The number of carbonyl (C=O) groups is 2. The predicted molar refractivity (Wildman–Crippen MR) is 104 cm³/mol. The van der Waals surface area contributed by atoms with E-state index in [4.69, 9.17) is 9.47 Å². The first kappa shape index (κ1) is 18.9. The molecular weight excluding hydrogens is 344 g/mol. The molecule has 1 aliphatic rings. The van der Waals surface area contributed by atoms with Gasteiger partial charge in [-0.25, -0.2) is 0 Å². The summed E-state index contributed by atoms with van der Waals surface area (Å²) in [6, 6.07) is 12.4. The molecule has 6 heteroatoms. The second-order valence-electron chi connectivity index (χ2n) is 6.64. The van der Waals surface area contributed by atoms with Crippen molar-refractivity contribution in [3.05, 3.63) is 53.6 Å². The van der Waals surface area contributed by atoms with Gasteiger partial charge in [0.1, 0.15) is 12.4 Å². The number of nitrogens with one attached hydrogen (secondary N) is 2. The number of hydrogen-bond donors (Lipinski definition) is 2. The monoisotopic (exact) mass is 368 g/mol. The molecule has 0 spiro atoms. The molecule has 1 atom stereocenters. The van der Waals surface area contributed by atoms with E-state index < -0.39 is 0 Å². The minimum absolute atomic E-state index is 0.158. The van der Waals surface area contributed by atoms with Gasteiger partial charge in [0, 0.05) is 30.5 Å². The van der Waals surface area contributed by atoms with Crippen molar-refractivity contribution < 1.29 is 19.1 Å². The molecule has 142 valence electrons. The van der Waals surface area contributed by atoms with Crippen LogP contribution in [-0.4, -0.2) is 31.1 Å². The van der Waals surface area contributed by atoms with Crippen LogP contribution >= 0.6 is 0 Å². The molecule has 1 aliphatic heterocycles. The Bertz CT molecular complexity index is 811. The molecule has 2 aromatic carbocycles. The fourth-order valence-electron chi connectivity index (χ4n) is 2.90. The van der Waals surface area contributed by atoms with Crippen molar-refractivity contribution >= 4 is 23.2 Å². The molecule has 0 saturated carbocycles. The number of anilines is 2. The van der Waals surface area contributed by atoms with Gasteiger partial charge >= 0.3 is 0 Å². The Morgan fingerprint density at radius 1 is 1.15 bits per heavy atom. The summed E-state index contributed by atoms with van der Waals surface area (Å²) >= 11 is 0. The van der Waals surface area contributed by atoms with Gasteiger partial charge in [-0.3, -0.25) is 9.59 Å². The first-order chi connectivity index (χ1) is 13.0. The Morgan fingerprint density at radius 3 is 2.59 bits per heavy atom. The zero-order valence-corrected chi connectivity index (χ0v) is 15.6. The van der Waals surface area contributed by atoms with E-state index in [1.54, 1.807) is 36.4 Å². The average molecular weight is 368 g/mol. The van der Waals surface area contributed by atoms with Crippen LogP contribution in [0.2, 0.25) is 0 Å². The van der Waals surface area contributed by atoms with Gasteiger partial charge in [-0.05, 0) is 61.7 Å². The maximum atomic E-state index is 12.5. The number of benzene rings is 2. The molecule has 0 aromatic heterocycles. The molecule has 2 amide bonds. The SMILES string of the molecule is CC(=O)Nc1ccc(C)c(NC(=O)c2ccc(OCC3CCCO3)cc2)c1. The van der Waals surface area contributed by atoms with Gasteiger partial charge in [0.05, 0.1) is 6.10 Å². The van der Waals surface area contributed by atoms with Crippen LogP contribution in [-0.2, 0) is 9.53 Å². The van der Waals surface area contributed by atoms with E-state index in [0.29, 0.717) is 29.3 Å². The summed E-state index contributed by atoms with van der Waals surface area (Å²) in [5.41, 5.74) is 2.74. The van der Waals surface area contributed by atoms with Crippen LogP contribution in [0.15, 0.2) is 42.5 Å². The summed E-state index contributed by atoms with van der Waals surface area (Å²) in [5, 5.41) is 5.60. The molecule has 0 bridgehead atoms. The zero-order valence-electron chi connectivity index (χ0n) is 15.6. The summed E-state index contributed by atoms with van der Waals surface area (Å²) in [6.45, 7) is 4.67. The maximum absolute atomic E-state index is 12.5. The fourth-order valence-corrected chi connectivity index (χ4v) is 2.90. The fraction of sp³-hybridized carbons (Fsp3) is 0.333. The van der Waals surface area contributed by atoms with Crippen molar-refractivity contribution in [2.24, 2.45) is 0 Å². The molecule has 1 saturated heterocycles. The van der Waals surface area contributed by atoms with Crippen LogP contribution in [0.1, 0.15) is 35.7 Å².